The van der Waals surface area contributed by atoms with Crippen LogP contribution in [0.3, 0.4) is 0 Å². The summed E-state index contributed by atoms with van der Waals surface area (Å²) in [6, 6.07) is 0. The highest BCUT2D eigenvalue weighted by Crippen LogP contribution is 2.20. The molecule has 10 heteroatoms. The van der Waals surface area contributed by atoms with E-state index in [4.69, 9.17) is 11.6 Å². The lowest BCUT2D eigenvalue weighted by atomic mass is 10.3. The monoisotopic (exact) mass is 338 g/mol. The highest BCUT2D eigenvalue weighted by molar-refractivity contribution is 7.89. The fourth-order valence-electron chi connectivity index (χ4n) is 1.25. The number of halogens is 4. The summed E-state index contributed by atoms with van der Waals surface area (Å²) in [5.74, 6) is -1.77. The highest BCUT2D eigenvalue weighted by Gasteiger charge is 2.37. The fourth-order valence-corrected chi connectivity index (χ4v) is 3.19. The van der Waals surface area contributed by atoms with Crippen LogP contribution in [0.4, 0.5) is 13.2 Å². The summed E-state index contributed by atoms with van der Waals surface area (Å²) in [7, 11) is -1.54. The predicted molar refractivity (Wildman–Crippen MR) is 70.0 cm³/mol. The minimum atomic E-state index is -4.72. The molecule has 1 amide bonds. The van der Waals surface area contributed by atoms with Gasteiger partial charge in [-0.3, -0.25) is 4.79 Å². The van der Waals surface area contributed by atoms with Gasteiger partial charge in [0.1, 0.15) is 6.54 Å². The minimum Gasteiger partial charge on any atom is -0.348 e. The van der Waals surface area contributed by atoms with Crippen LogP contribution in [0, 0.1) is 5.92 Å². The van der Waals surface area contributed by atoms with Crippen LogP contribution in [0.5, 0.6) is 0 Å². The summed E-state index contributed by atoms with van der Waals surface area (Å²) < 4.78 is 61.4. The summed E-state index contributed by atoms with van der Waals surface area (Å²) in [6.45, 7) is -1.03. The smallest absolute Gasteiger partial charge is 0.348 e. The second kappa shape index (κ2) is 7.46. The van der Waals surface area contributed by atoms with Gasteiger partial charge in [-0.2, -0.15) is 17.5 Å². The van der Waals surface area contributed by atoms with Gasteiger partial charge < -0.3 is 4.90 Å². The third-order valence-electron chi connectivity index (χ3n) is 2.32. The molecule has 1 unspecified atom stereocenters. The maximum Gasteiger partial charge on any atom is 0.402 e. The molecule has 0 radical (unpaired) electrons. The Kier molecular flexibility index (Phi) is 7.26. The van der Waals surface area contributed by atoms with Crippen LogP contribution in [-0.4, -0.2) is 68.5 Å². The molecule has 0 spiro atoms. The van der Waals surface area contributed by atoms with E-state index >= 15 is 0 Å². The van der Waals surface area contributed by atoms with Crippen molar-refractivity contribution in [3.05, 3.63) is 0 Å². The average molecular weight is 339 g/mol. The van der Waals surface area contributed by atoms with Crippen molar-refractivity contribution in [3.63, 3.8) is 0 Å². The quantitative estimate of drug-likeness (QED) is 0.654. The lowest BCUT2D eigenvalue weighted by Gasteiger charge is -2.25. The van der Waals surface area contributed by atoms with Crippen molar-refractivity contribution < 1.29 is 26.4 Å². The van der Waals surface area contributed by atoms with Gasteiger partial charge >= 0.3 is 6.18 Å². The Bertz CT molecular complexity index is 426. The van der Waals surface area contributed by atoms with Gasteiger partial charge in [0.2, 0.25) is 15.9 Å². The SMILES string of the molecule is CC(CCl)CS(=O)(=O)N(CC(=O)N(C)C)CC(F)(F)F. The lowest BCUT2D eigenvalue weighted by Crippen LogP contribution is -2.46. The van der Waals surface area contributed by atoms with Crippen molar-refractivity contribution in [2.45, 2.75) is 13.1 Å². The third kappa shape index (κ3) is 7.30. The summed E-state index contributed by atoms with van der Waals surface area (Å²) >= 11 is 5.47. The number of carbonyl (C=O) groups excluding carboxylic acids is 1. The zero-order chi connectivity index (χ0) is 16.1. The molecule has 20 heavy (non-hydrogen) atoms. The van der Waals surface area contributed by atoms with E-state index in [0.717, 1.165) is 4.90 Å². The van der Waals surface area contributed by atoms with Crippen LogP contribution in [0.2, 0.25) is 0 Å². The Balaban J connectivity index is 5.15. The predicted octanol–water partition coefficient (Wildman–Crippen LogP) is 1.14. The lowest BCUT2D eigenvalue weighted by molar-refractivity contribution is -0.141. The summed E-state index contributed by atoms with van der Waals surface area (Å²) in [6.07, 6.45) is -4.72. The highest BCUT2D eigenvalue weighted by atomic mass is 35.5. The Labute approximate surface area is 121 Å². The number of hydrogen-bond acceptors (Lipinski definition) is 3. The number of hydrogen-bond donors (Lipinski definition) is 0. The molecule has 0 aromatic carbocycles. The topological polar surface area (TPSA) is 57.7 Å². The van der Waals surface area contributed by atoms with Gasteiger partial charge in [0.05, 0.1) is 12.3 Å². The maximum absolute atomic E-state index is 12.4. The molecular weight excluding hydrogens is 321 g/mol. The Morgan fingerprint density at radius 1 is 1.30 bits per heavy atom. The van der Waals surface area contributed by atoms with Crippen molar-refractivity contribution in [1.82, 2.24) is 9.21 Å². The van der Waals surface area contributed by atoms with Crippen molar-refractivity contribution in [2.24, 2.45) is 5.92 Å². The number of carbonyl (C=O) groups is 1. The number of rotatable bonds is 7. The van der Waals surface area contributed by atoms with Crippen molar-refractivity contribution >= 4 is 27.5 Å². The molecule has 0 aromatic rings. The van der Waals surface area contributed by atoms with E-state index in [0.29, 0.717) is 0 Å². The standard InChI is InChI=1S/C10H18ClF3N2O3S/c1-8(4-11)6-20(18,19)16(7-10(12,13)14)5-9(17)15(2)3/h8H,4-7H2,1-3H3. The first-order chi connectivity index (χ1) is 8.89. The van der Waals surface area contributed by atoms with Gasteiger partial charge in [0.15, 0.2) is 0 Å². The first-order valence-electron chi connectivity index (χ1n) is 5.69. The van der Waals surface area contributed by atoms with E-state index in [1.165, 1.54) is 21.0 Å². The van der Waals surface area contributed by atoms with Crippen LogP contribution in [0.1, 0.15) is 6.92 Å². The van der Waals surface area contributed by atoms with Gasteiger partial charge in [-0.15, -0.1) is 11.6 Å². The minimum absolute atomic E-state index is 0.000709. The molecule has 0 N–H and O–H groups in total. The third-order valence-corrected chi connectivity index (χ3v) is 4.88. The molecule has 5 nitrogen and oxygen atoms in total. The van der Waals surface area contributed by atoms with Crippen LogP contribution in [0.25, 0.3) is 0 Å². The fraction of sp³-hybridized carbons (Fsp3) is 0.900. The molecule has 0 fully saturated rings. The van der Waals surface area contributed by atoms with E-state index in [9.17, 15) is 26.4 Å². The van der Waals surface area contributed by atoms with Gasteiger partial charge in [0.25, 0.3) is 0 Å². The Hall–Kier alpha value is -0.540. The second-order valence-electron chi connectivity index (χ2n) is 4.71. The number of alkyl halides is 4. The van der Waals surface area contributed by atoms with Crippen LogP contribution in [0.15, 0.2) is 0 Å². The van der Waals surface area contributed by atoms with E-state index in [-0.39, 0.29) is 10.2 Å². The average Bonchev–Trinajstić information content (AvgIpc) is 2.25. The number of sulfonamides is 1. The number of amides is 1. The van der Waals surface area contributed by atoms with E-state index in [1.807, 2.05) is 0 Å². The van der Waals surface area contributed by atoms with Gasteiger partial charge in [0, 0.05) is 20.0 Å². The molecule has 0 saturated heterocycles. The molecule has 0 aliphatic rings. The number of likely N-dealkylation sites (N-methyl/N-ethyl adjacent to an activating group) is 1. The van der Waals surface area contributed by atoms with Crippen molar-refractivity contribution in [1.29, 1.82) is 0 Å². The van der Waals surface area contributed by atoms with Crippen LogP contribution < -0.4 is 0 Å². The number of nitrogens with zero attached hydrogens (tertiary/aromatic N) is 2. The van der Waals surface area contributed by atoms with Crippen LogP contribution >= 0.6 is 11.6 Å². The molecule has 120 valence electrons. The van der Waals surface area contributed by atoms with E-state index in [2.05, 4.69) is 0 Å². The van der Waals surface area contributed by atoms with E-state index in [1.54, 1.807) is 0 Å². The summed E-state index contributed by atoms with van der Waals surface area (Å²) in [4.78, 5) is 12.5. The second-order valence-corrected chi connectivity index (χ2v) is 7.03. The zero-order valence-electron chi connectivity index (χ0n) is 11.4. The molecular formula is C10H18ClF3N2O3S. The normalized spacial score (nSPS) is 14.4. The van der Waals surface area contributed by atoms with Gasteiger partial charge in [-0.1, -0.05) is 6.92 Å². The Morgan fingerprint density at radius 3 is 2.15 bits per heavy atom. The largest absolute Gasteiger partial charge is 0.402 e. The molecule has 1 atom stereocenters. The first-order valence-corrected chi connectivity index (χ1v) is 7.84. The van der Waals surface area contributed by atoms with Gasteiger partial charge in [-0.05, 0) is 5.92 Å². The zero-order valence-corrected chi connectivity index (χ0v) is 13.0. The van der Waals surface area contributed by atoms with Crippen molar-refractivity contribution in [3.8, 4) is 0 Å². The van der Waals surface area contributed by atoms with Crippen molar-refractivity contribution in [2.75, 3.05) is 38.8 Å². The Morgan fingerprint density at radius 2 is 1.80 bits per heavy atom. The first kappa shape index (κ1) is 19.5. The summed E-state index contributed by atoms with van der Waals surface area (Å²) in [5, 5.41) is 0. The molecule has 0 saturated carbocycles. The van der Waals surface area contributed by atoms with Gasteiger partial charge in [-0.25, -0.2) is 8.42 Å². The molecule has 0 aliphatic heterocycles. The molecule has 0 bridgehead atoms. The molecule has 0 rings (SSSR count). The maximum atomic E-state index is 12.4. The summed E-state index contributed by atoms with van der Waals surface area (Å²) in [5.41, 5.74) is 0. The molecule has 0 aliphatic carbocycles. The molecule has 0 aromatic heterocycles. The van der Waals surface area contributed by atoms with E-state index < -0.39 is 46.9 Å². The van der Waals surface area contributed by atoms with Crippen LogP contribution in [-0.2, 0) is 14.8 Å². The molecule has 0 heterocycles.